The van der Waals surface area contributed by atoms with E-state index in [0.29, 0.717) is 22.2 Å². The highest BCUT2D eigenvalue weighted by molar-refractivity contribution is 7.71. The molecule has 0 radical (unpaired) electrons. The fraction of sp³-hybridized carbons (Fsp3) is 0.167. The van der Waals surface area contributed by atoms with E-state index in [1.54, 1.807) is 49.4 Å². The molecular weight excluding hydrogens is 457 g/mol. The van der Waals surface area contributed by atoms with Crippen LogP contribution in [0.3, 0.4) is 0 Å². The van der Waals surface area contributed by atoms with Gasteiger partial charge in [-0.05, 0) is 68.5 Å². The average Bonchev–Trinajstić information content (AvgIpc) is 3.12. The lowest BCUT2D eigenvalue weighted by Crippen LogP contribution is -2.42. The number of amides is 2. The van der Waals surface area contributed by atoms with Gasteiger partial charge in [0.2, 0.25) is 5.91 Å². The van der Waals surface area contributed by atoms with Gasteiger partial charge in [0.1, 0.15) is 5.82 Å². The van der Waals surface area contributed by atoms with Crippen LogP contribution in [0.2, 0.25) is 0 Å². The number of rotatable bonds is 5. The maximum atomic E-state index is 13.3. The number of halogens is 1. The summed E-state index contributed by atoms with van der Waals surface area (Å²) in [5.74, 6) is -1.32. The molecule has 3 N–H and O–H groups in total. The van der Waals surface area contributed by atoms with E-state index in [1.165, 1.54) is 16.7 Å². The number of fused-ring (bicyclic) bond motifs is 1. The van der Waals surface area contributed by atoms with Gasteiger partial charge in [0.05, 0.1) is 16.5 Å². The predicted molar refractivity (Wildman–Crippen MR) is 129 cm³/mol. The highest BCUT2D eigenvalue weighted by Gasteiger charge is 2.17. The molecule has 2 aromatic carbocycles. The molecule has 2 amide bonds. The van der Waals surface area contributed by atoms with Crippen molar-refractivity contribution in [1.82, 2.24) is 25.0 Å². The Hall–Kier alpha value is -4.05. The first kappa shape index (κ1) is 23.1. The van der Waals surface area contributed by atoms with E-state index >= 15 is 0 Å². The first-order valence-corrected chi connectivity index (χ1v) is 10.9. The highest BCUT2D eigenvalue weighted by Crippen LogP contribution is 2.21. The van der Waals surface area contributed by atoms with Gasteiger partial charge in [0.25, 0.3) is 11.5 Å². The summed E-state index contributed by atoms with van der Waals surface area (Å²) in [6, 6.07) is 14.6. The Morgan fingerprint density at radius 3 is 2.50 bits per heavy atom. The van der Waals surface area contributed by atoms with E-state index in [9.17, 15) is 18.8 Å². The smallest absolute Gasteiger partial charge is 0.271 e. The van der Waals surface area contributed by atoms with E-state index in [-0.39, 0.29) is 29.1 Å². The van der Waals surface area contributed by atoms with E-state index in [2.05, 4.69) is 15.8 Å². The number of benzene rings is 2. The molecule has 4 aromatic rings. The zero-order valence-electron chi connectivity index (χ0n) is 18.5. The number of aryl methyl sites for hydroxylation is 1. The first-order chi connectivity index (χ1) is 16.3. The van der Waals surface area contributed by atoms with Gasteiger partial charge in [-0.2, -0.15) is 0 Å². The lowest BCUT2D eigenvalue weighted by Gasteiger charge is -2.11. The number of carbonyl (C=O) groups excluding carboxylic acids is 2. The lowest BCUT2D eigenvalue weighted by atomic mass is 10.2. The van der Waals surface area contributed by atoms with Gasteiger partial charge in [-0.25, -0.2) is 4.39 Å². The molecule has 2 heterocycles. The molecule has 8 nitrogen and oxygen atoms in total. The van der Waals surface area contributed by atoms with Gasteiger partial charge in [0.15, 0.2) is 4.77 Å². The Bertz CT molecular complexity index is 1520. The number of nitrogens with one attached hydrogen (secondary N) is 3. The van der Waals surface area contributed by atoms with E-state index in [0.717, 1.165) is 11.4 Å². The molecular formula is C24H22FN5O3S. The van der Waals surface area contributed by atoms with Crippen molar-refractivity contribution in [3.8, 4) is 5.69 Å². The molecule has 0 aliphatic carbocycles. The molecule has 0 fully saturated rings. The Balaban J connectivity index is 1.41. The number of aromatic amines is 1. The van der Waals surface area contributed by atoms with Crippen molar-refractivity contribution >= 4 is 34.9 Å². The van der Waals surface area contributed by atoms with Gasteiger partial charge in [-0.15, -0.1) is 0 Å². The minimum Gasteiger partial charge on any atom is -0.332 e. The normalized spacial score (nSPS) is 10.9. The summed E-state index contributed by atoms with van der Waals surface area (Å²) in [6.45, 7) is 3.65. The molecule has 0 spiro atoms. The molecule has 0 bridgehead atoms. The number of nitrogens with zero attached hydrogens (tertiary/aromatic N) is 2. The summed E-state index contributed by atoms with van der Waals surface area (Å²) in [5, 5.41) is 0.473. The minimum absolute atomic E-state index is 0.0553. The maximum Gasteiger partial charge on any atom is 0.271 e. The Morgan fingerprint density at radius 1 is 1.06 bits per heavy atom. The van der Waals surface area contributed by atoms with Crippen molar-refractivity contribution in [1.29, 1.82) is 0 Å². The quantitative estimate of drug-likeness (QED) is 0.301. The molecule has 174 valence electrons. The largest absolute Gasteiger partial charge is 0.332 e. The fourth-order valence-corrected chi connectivity index (χ4v) is 4.14. The third kappa shape index (κ3) is 4.53. The number of aromatic nitrogens is 3. The molecule has 4 rings (SSSR count). The van der Waals surface area contributed by atoms with Crippen molar-refractivity contribution in [3.63, 3.8) is 0 Å². The van der Waals surface area contributed by atoms with Crippen molar-refractivity contribution in [2.24, 2.45) is 0 Å². The van der Waals surface area contributed by atoms with Gasteiger partial charge in [0, 0.05) is 30.0 Å². The summed E-state index contributed by atoms with van der Waals surface area (Å²) < 4.78 is 16.6. The van der Waals surface area contributed by atoms with Gasteiger partial charge >= 0.3 is 0 Å². The summed E-state index contributed by atoms with van der Waals surface area (Å²) in [7, 11) is 0. The van der Waals surface area contributed by atoms with Crippen LogP contribution in [-0.2, 0) is 11.3 Å². The second-order valence-electron chi connectivity index (χ2n) is 7.78. The molecule has 2 aromatic heterocycles. The second-order valence-corrected chi connectivity index (χ2v) is 8.17. The first-order valence-electron chi connectivity index (χ1n) is 10.5. The van der Waals surface area contributed by atoms with Crippen LogP contribution in [0.4, 0.5) is 4.39 Å². The number of hydrazine groups is 1. The number of carbonyl (C=O) groups is 2. The topological polar surface area (TPSA) is 101 Å². The van der Waals surface area contributed by atoms with Gasteiger partial charge in [-0.3, -0.25) is 29.8 Å². The molecule has 10 heteroatoms. The third-order valence-corrected chi connectivity index (χ3v) is 5.85. The number of hydrogen-bond acceptors (Lipinski definition) is 4. The number of hydrogen-bond donors (Lipinski definition) is 3. The number of H-pyrrole nitrogens is 1. The third-order valence-electron chi connectivity index (χ3n) is 5.53. The van der Waals surface area contributed by atoms with Gasteiger partial charge < -0.3 is 9.55 Å². The molecule has 0 atom stereocenters. The second kappa shape index (κ2) is 9.44. The van der Waals surface area contributed by atoms with Crippen LogP contribution < -0.4 is 16.4 Å². The molecule has 0 saturated heterocycles. The SMILES string of the molecule is Cc1cc(C(=O)NNC(=O)CCn2c(=S)[nH]c3ccccc3c2=O)c(C)n1-c1ccc(F)cc1. The van der Waals surface area contributed by atoms with Gasteiger partial charge in [-0.1, -0.05) is 12.1 Å². The standard InChI is InChI=1S/C24H22FN5O3S/c1-14-13-19(15(2)30(14)17-9-7-16(25)8-10-17)22(32)28-27-21(31)11-12-29-23(33)18-5-3-4-6-20(18)26-24(29)34/h3-10,13H,11-12H2,1-2H3,(H,26,34)(H,27,31)(H,28,32). The van der Waals surface area contributed by atoms with Crippen molar-refractivity contribution < 1.29 is 14.0 Å². The predicted octanol–water partition coefficient (Wildman–Crippen LogP) is 3.46. The van der Waals surface area contributed by atoms with E-state index in [4.69, 9.17) is 12.2 Å². The van der Waals surface area contributed by atoms with Crippen LogP contribution in [-0.4, -0.2) is 25.9 Å². The Morgan fingerprint density at radius 2 is 1.76 bits per heavy atom. The average molecular weight is 480 g/mol. The van der Waals surface area contributed by atoms with E-state index in [1.807, 2.05) is 11.5 Å². The summed E-state index contributed by atoms with van der Waals surface area (Å²) >= 11 is 5.25. The monoisotopic (exact) mass is 479 g/mol. The summed E-state index contributed by atoms with van der Waals surface area (Å²) in [4.78, 5) is 40.6. The molecule has 0 aliphatic rings. The number of para-hydroxylation sites is 1. The van der Waals surface area contributed by atoms with E-state index < -0.39 is 11.8 Å². The van der Waals surface area contributed by atoms with Crippen LogP contribution in [0.5, 0.6) is 0 Å². The van der Waals surface area contributed by atoms with Crippen LogP contribution in [0.25, 0.3) is 16.6 Å². The zero-order chi connectivity index (χ0) is 24.4. The van der Waals surface area contributed by atoms with Crippen LogP contribution in [0.1, 0.15) is 28.2 Å². The van der Waals surface area contributed by atoms with Crippen LogP contribution in [0.15, 0.2) is 59.4 Å². The maximum absolute atomic E-state index is 13.3. The van der Waals surface area contributed by atoms with Crippen molar-refractivity contribution in [3.05, 3.63) is 92.5 Å². The molecule has 0 aliphatic heterocycles. The molecule has 0 saturated carbocycles. The lowest BCUT2D eigenvalue weighted by molar-refractivity contribution is -0.122. The van der Waals surface area contributed by atoms with Crippen LogP contribution >= 0.6 is 12.2 Å². The summed E-state index contributed by atoms with van der Waals surface area (Å²) in [6.07, 6.45) is -0.0649. The zero-order valence-corrected chi connectivity index (χ0v) is 19.3. The molecule has 34 heavy (non-hydrogen) atoms. The van der Waals surface area contributed by atoms with Crippen molar-refractivity contribution in [2.75, 3.05) is 0 Å². The Kier molecular flexibility index (Phi) is 6.42. The van der Waals surface area contributed by atoms with Crippen molar-refractivity contribution in [2.45, 2.75) is 26.8 Å². The fourth-order valence-electron chi connectivity index (χ4n) is 3.85. The Labute approximate surface area is 199 Å². The summed E-state index contributed by atoms with van der Waals surface area (Å²) in [5.41, 5.74) is 7.63. The molecule has 0 unspecified atom stereocenters. The minimum atomic E-state index is -0.491. The highest BCUT2D eigenvalue weighted by atomic mass is 32.1. The van der Waals surface area contributed by atoms with Crippen LogP contribution in [0, 0.1) is 24.4 Å².